The molecule has 0 bridgehead atoms. The lowest BCUT2D eigenvalue weighted by atomic mass is 9.79. The molecule has 0 spiro atoms. The minimum absolute atomic E-state index is 0.0150. The summed E-state index contributed by atoms with van der Waals surface area (Å²) in [6, 6.07) is 7.05. The summed E-state index contributed by atoms with van der Waals surface area (Å²) < 4.78 is 0. The molecule has 3 N–H and O–H groups in total. The van der Waals surface area contributed by atoms with Crippen molar-refractivity contribution in [3.05, 3.63) is 47.8 Å². The SMILES string of the molecule is CC(=O)N1c2ccc(C(N)=O)cc2[C@H](Nc2ncccn2)[C@@H](C)[C@@H]1C1CC1. The number of carbonyl (C=O) groups excluding carboxylic acids is 2. The Morgan fingerprint density at radius 2 is 1.93 bits per heavy atom. The van der Waals surface area contributed by atoms with E-state index in [0.717, 1.165) is 24.1 Å². The normalized spacial score (nSPS) is 24.2. The number of benzene rings is 1. The number of rotatable bonds is 4. The molecule has 4 rings (SSSR count). The van der Waals surface area contributed by atoms with E-state index in [9.17, 15) is 9.59 Å². The molecular formula is C20H23N5O2. The maximum Gasteiger partial charge on any atom is 0.248 e. The molecule has 1 saturated carbocycles. The van der Waals surface area contributed by atoms with Crippen LogP contribution in [0.1, 0.15) is 48.7 Å². The lowest BCUT2D eigenvalue weighted by Gasteiger charge is -2.45. The van der Waals surface area contributed by atoms with Gasteiger partial charge in [0.25, 0.3) is 0 Å². The Labute approximate surface area is 158 Å². The van der Waals surface area contributed by atoms with Crippen molar-refractivity contribution in [1.29, 1.82) is 0 Å². The summed E-state index contributed by atoms with van der Waals surface area (Å²) >= 11 is 0. The Kier molecular flexibility index (Phi) is 4.30. The average Bonchev–Trinajstić information content (AvgIpc) is 3.48. The van der Waals surface area contributed by atoms with Crippen molar-refractivity contribution in [2.75, 3.05) is 10.2 Å². The van der Waals surface area contributed by atoms with Crippen molar-refractivity contribution >= 4 is 23.5 Å². The Bertz CT molecular complexity index is 881. The molecule has 2 heterocycles. The van der Waals surface area contributed by atoms with Crippen molar-refractivity contribution in [2.24, 2.45) is 17.6 Å². The van der Waals surface area contributed by atoms with E-state index in [1.807, 2.05) is 11.0 Å². The van der Waals surface area contributed by atoms with Gasteiger partial charge in [-0.2, -0.15) is 0 Å². The number of amides is 2. The average molecular weight is 365 g/mol. The second-order valence-electron chi connectivity index (χ2n) is 7.41. The zero-order chi connectivity index (χ0) is 19.1. The number of aromatic nitrogens is 2. The van der Waals surface area contributed by atoms with Crippen molar-refractivity contribution in [2.45, 2.75) is 38.8 Å². The molecule has 140 valence electrons. The van der Waals surface area contributed by atoms with E-state index in [1.165, 1.54) is 0 Å². The molecular weight excluding hydrogens is 342 g/mol. The predicted octanol–water partition coefficient (Wildman–Crippen LogP) is 2.51. The van der Waals surface area contributed by atoms with Gasteiger partial charge in [0, 0.05) is 42.5 Å². The Morgan fingerprint density at radius 1 is 1.22 bits per heavy atom. The fourth-order valence-corrected chi connectivity index (χ4v) is 4.23. The molecule has 1 aliphatic heterocycles. The molecule has 0 saturated heterocycles. The Hall–Kier alpha value is -2.96. The van der Waals surface area contributed by atoms with Gasteiger partial charge in [-0.15, -0.1) is 0 Å². The molecule has 2 amide bonds. The number of anilines is 2. The third-order valence-electron chi connectivity index (χ3n) is 5.56. The summed E-state index contributed by atoms with van der Waals surface area (Å²) in [7, 11) is 0. The minimum atomic E-state index is -0.487. The quantitative estimate of drug-likeness (QED) is 0.867. The number of carbonyl (C=O) groups is 2. The Balaban J connectivity index is 1.84. The first-order chi connectivity index (χ1) is 13.0. The highest BCUT2D eigenvalue weighted by Gasteiger charge is 2.47. The largest absolute Gasteiger partial charge is 0.366 e. The number of fused-ring (bicyclic) bond motifs is 1. The van der Waals surface area contributed by atoms with Gasteiger partial charge >= 0.3 is 0 Å². The molecule has 1 aromatic carbocycles. The first-order valence-electron chi connectivity index (χ1n) is 9.24. The monoisotopic (exact) mass is 365 g/mol. The van der Waals surface area contributed by atoms with Crippen LogP contribution < -0.4 is 16.0 Å². The highest BCUT2D eigenvalue weighted by molar-refractivity contribution is 5.97. The van der Waals surface area contributed by atoms with Crippen LogP contribution in [0.3, 0.4) is 0 Å². The molecule has 0 unspecified atom stereocenters. The number of primary amides is 1. The van der Waals surface area contributed by atoms with Crippen molar-refractivity contribution < 1.29 is 9.59 Å². The van der Waals surface area contributed by atoms with E-state index in [0.29, 0.717) is 17.4 Å². The smallest absolute Gasteiger partial charge is 0.248 e. The molecule has 7 nitrogen and oxygen atoms in total. The second kappa shape index (κ2) is 6.64. The van der Waals surface area contributed by atoms with Gasteiger partial charge in [-0.25, -0.2) is 9.97 Å². The summed E-state index contributed by atoms with van der Waals surface area (Å²) in [5.41, 5.74) is 7.62. The van der Waals surface area contributed by atoms with Crippen molar-refractivity contribution in [1.82, 2.24) is 9.97 Å². The number of nitrogens with zero attached hydrogens (tertiary/aromatic N) is 3. The van der Waals surface area contributed by atoms with Gasteiger partial charge in [0.15, 0.2) is 0 Å². The number of hydrogen-bond acceptors (Lipinski definition) is 5. The molecule has 2 aromatic rings. The summed E-state index contributed by atoms with van der Waals surface area (Å²) in [6.45, 7) is 3.74. The topological polar surface area (TPSA) is 101 Å². The van der Waals surface area contributed by atoms with Gasteiger partial charge in [-0.3, -0.25) is 9.59 Å². The molecule has 27 heavy (non-hydrogen) atoms. The third kappa shape index (κ3) is 3.13. The van der Waals surface area contributed by atoms with Gasteiger partial charge in [0.05, 0.1) is 6.04 Å². The molecule has 7 heteroatoms. The number of nitrogens with one attached hydrogen (secondary N) is 1. The molecule has 3 atom stereocenters. The number of nitrogens with two attached hydrogens (primary N) is 1. The summed E-state index contributed by atoms with van der Waals surface area (Å²) in [5, 5.41) is 3.41. The second-order valence-corrected chi connectivity index (χ2v) is 7.41. The van der Waals surface area contributed by atoms with Crippen LogP contribution in [0.15, 0.2) is 36.7 Å². The lowest BCUT2D eigenvalue weighted by molar-refractivity contribution is -0.117. The van der Waals surface area contributed by atoms with Crippen LogP contribution in [0, 0.1) is 11.8 Å². The maximum absolute atomic E-state index is 12.5. The lowest BCUT2D eigenvalue weighted by Crippen LogP contribution is -2.51. The highest BCUT2D eigenvalue weighted by Crippen LogP contribution is 2.49. The zero-order valence-electron chi connectivity index (χ0n) is 15.4. The van der Waals surface area contributed by atoms with Crippen LogP contribution in [-0.2, 0) is 4.79 Å². The van der Waals surface area contributed by atoms with Crippen LogP contribution in [-0.4, -0.2) is 27.8 Å². The highest BCUT2D eigenvalue weighted by atomic mass is 16.2. The third-order valence-corrected chi connectivity index (χ3v) is 5.56. The summed E-state index contributed by atoms with van der Waals surface area (Å²) in [4.78, 5) is 34.7. The van der Waals surface area contributed by atoms with Crippen molar-refractivity contribution in [3.63, 3.8) is 0 Å². The van der Waals surface area contributed by atoms with Gasteiger partial charge in [-0.05, 0) is 48.6 Å². The molecule has 1 aliphatic carbocycles. The summed E-state index contributed by atoms with van der Waals surface area (Å²) in [5.74, 6) is 0.672. The standard InChI is InChI=1S/C20H23N5O2/c1-11-17(24-20-22-8-3-9-23-20)15-10-14(19(21)27)6-7-16(15)25(12(2)26)18(11)13-4-5-13/h3,6-11,13,17-18H,4-5H2,1-2H3,(H2,21,27)(H,22,23,24)/t11-,17-,18-/m1/s1. The first-order valence-corrected chi connectivity index (χ1v) is 9.24. The molecule has 0 radical (unpaired) electrons. The van der Waals surface area contributed by atoms with Crippen LogP contribution in [0.2, 0.25) is 0 Å². The van der Waals surface area contributed by atoms with E-state index in [4.69, 9.17) is 5.73 Å². The maximum atomic E-state index is 12.5. The zero-order valence-corrected chi connectivity index (χ0v) is 15.4. The van der Waals surface area contributed by atoms with E-state index in [2.05, 4.69) is 22.2 Å². The van der Waals surface area contributed by atoms with Crippen LogP contribution in [0.5, 0.6) is 0 Å². The predicted molar refractivity (Wildman–Crippen MR) is 102 cm³/mol. The fraction of sp³-hybridized carbons (Fsp3) is 0.400. The van der Waals surface area contributed by atoms with Crippen LogP contribution >= 0.6 is 0 Å². The van der Waals surface area contributed by atoms with Gasteiger partial charge in [0.1, 0.15) is 0 Å². The van der Waals surface area contributed by atoms with E-state index in [1.54, 1.807) is 37.5 Å². The molecule has 2 aliphatic rings. The molecule has 1 fully saturated rings. The fourth-order valence-electron chi connectivity index (χ4n) is 4.23. The van der Waals surface area contributed by atoms with Gasteiger partial charge < -0.3 is 16.0 Å². The van der Waals surface area contributed by atoms with Crippen molar-refractivity contribution in [3.8, 4) is 0 Å². The van der Waals surface area contributed by atoms with Crippen LogP contribution in [0.25, 0.3) is 0 Å². The van der Waals surface area contributed by atoms with E-state index in [-0.39, 0.29) is 23.9 Å². The minimum Gasteiger partial charge on any atom is -0.366 e. The van der Waals surface area contributed by atoms with Crippen LogP contribution in [0.4, 0.5) is 11.6 Å². The van der Waals surface area contributed by atoms with E-state index < -0.39 is 5.91 Å². The van der Waals surface area contributed by atoms with E-state index >= 15 is 0 Å². The van der Waals surface area contributed by atoms with Gasteiger partial charge in [0.2, 0.25) is 17.8 Å². The Morgan fingerprint density at radius 3 is 2.52 bits per heavy atom. The summed E-state index contributed by atoms with van der Waals surface area (Å²) in [6.07, 6.45) is 5.62. The van der Waals surface area contributed by atoms with Gasteiger partial charge in [-0.1, -0.05) is 6.92 Å². The first kappa shape index (κ1) is 17.5. The number of hydrogen-bond donors (Lipinski definition) is 2. The molecule has 1 aromatic heterocycles.